The van der Waals surface area contributed by atoms with Crippen LogP contribution < -0.4 is 5.32 Å². The summed E-state index contributed by atoms with van der Waals surface area (Å²) in [6.07, 6.45) is 3.72. The standard InChI is InChI=1S/C13H18N2O4S/c1-8-2-3-9(19-8)4-5-11(16)14-6-12-15-10(7-20-12)13(17)18/h7-9H,2-6H2,1H3,(H,14,16)(H,17,18). The minimum absolute atomic E-state index is 0.0209. The minimum atomic E-state index is -1.05. The summed E-state index contributed by atoms with van der Waals surface area (Å²) in [5.41, 5.74) is 0.0209. The molecule has 2 heterocycles. The van der Waals surface area contributed by atoms with E-state index in [0.717, 1.165) is 19.3 Å². The lowest BCUT2D eigenvalue weighted by atomic mass is 10.1. The lowest BCUT2D eigenvalue weighted by Gasteiger charge is -2.10. The van der Waals surface area contributed by atoms with Crippen molar-refractivity contribution in [2.45, 2.75) is 51.4 Å². The first-order valence-corrected chi connectivity index (χ1v) is 7.52. The number of carbonyl (C=O) groups excluding carboxylic acids is 1. The zero-order valence-electron chi connectivity index (χ0n) is 11.3. The fourth-order valence-electron chi connectivity index (χ4n) is 2.14. The Bertz CT molecular complexity index is 488. The number of ether oxygens (including phenoxy) is 1. The number of carboxylic acid groups (broad SMARTS) is 1. The molecule has 1 aliphatic rings. The predicted octanol–water partition coefficient (Wildman–Crippen LogP) is 1.81. The van der Waals surface area contributed by atoms with Crippen molar-refractivity contribution >= 4 is 23.2 Å². The Kier molecular flexibility index (Phi) is 5.08. The third-order valence-electron chi connectivity index (χ3n) is 3.22. The average molecular weight is 298 g/mol. The van der Waals surface area contributed by atoms with Crippen molar-refractivity contribution in [2.75, 3.05) is 0 Å². The quantitative estimate of drug-likeness (QED) is 0.836. The van der Waals surface area contributed by atoms with Gasteiger partial charge in [0.1, 0.15) is 5.01 Å². The van der Waals surface area contributed by atoms with Crippen molar-refractivity contribution in [3.8, 4) is 0 Å². The summed E-state index contributed by atoms with van der Waals surface area (Å²) in [4.78, 5) is 26.3. The predicted molar refractivity (Wildman–Crippen MR) is 73.7 cm³/mol. The van der Waals surface area contributed by atoms with E-state index in [1.54, 1.807) is 0 Å². The molecule has 6 nitrogen and oxygen atoms in total. The number of hydrogen-bond donors (Lipinski definition) is 2. The normalized spacial score (nSPS) is 21.9. The Morgan fingerprint density at radius 2 is 2.35 bits per heavy atom. The molecule has 0 aliphatic carbocycles. The van der Waals surface area contributed by atoms with Gasteiger partial charge in [-0.2, -0.15) is 0 Å². The maximum absolute atomic E-state index is 11.7. The van der Waals surface area contributed by atoms with E-state index in [-0.39, 0.29) is 24.2 Å². The first kappa shape index (κ1) is 14.9. The smallest absolute Gasteiger partial charge is 0.355 e. The van der Waals surface area contributed by atoms with Crippen LogP contribution >= 0.6 is 11.3 Å². The first-order chi connectivity index (χ1) is 9.54. The minimum Gasteiger partial charge on any atom is -0.476 e. The van der Waals surface area contributed by atoms with Crippen molar-refractivity contribution in [2.24, 2.45) is 0 Å². The van der Waals surface area contributed by atoms with Gasteiger partial charge in [-0.25, -0.2) is 9.78 Å². The van der Waals surface area contributed by atoms with E-state index in [1.807, 2.05) is 6.92 Å². The fraction of sp³-hybridized carbons (Fsp3) is 0.615. The maximum atomic E-state index is 11.7. The van der Waals surface area contributed by atoms with Gasteiger partial charge in [0, 0.05) is 11.8 Å². The first-order valence-electron chi connectivity index (χ1n) is 6.64. The molecular formula is C13H18N2O4S. The molecule has 20 heavy (non-hydrogen) atoms. The van der Waals surface area contributed by atoms with Gasteiger partial charge in [0.25, 0.3) is 0 Å². The Morgan fingerprint density at radius 3 is 2.95 bits per heavy atom. The number of carboxylic acids is 1. The number of thiazole rings is 1. The maximum Gasteiger partial charge on any atom is 0.355 e. The summed E-state index contributed by atoms with van der Waals surface area (Å²) >= 11 is 1.23. The van der Waals surface area contributed by atoms with Crippen molar-refractivity contribution in [1.82, 2.24) is 10.3 Å². The molecule has 0 spiro atoms. The Hall–Kier alpha value is -1.47. The summed E-state index contributed by atoms with van der Waals surface area (Å²) in [5.74, 6) is -1.11. The molecule has 2 unspecified atom stereocenters. The van der Waals surface area contributed by atoms with Crippen molar-refractivity contribution in [1.29, 1.82) is 0 Å². The van der Waals surface area contributed by atoms with Crippen LogP contribution in [0.15, 0.2) is 5.38 Å². The van der Waals surface area contributed by atoms with Crippen molar-refractivity contribution in [3.63, 3.8) is 0 Å². The molecule has 2 rings (SSSR count). The molecule has 0 saturated carbocycles. The van der Waals surface area contributed by atoms with Crippen LogP contribution in [0.5, 0.6) is 0 Å². The molecule has 1 aromatic rings. The molecule has 1 aromatic heterocycles. The van der Waals surface area contributed by atoms with Crippen molar-refractivity contribution in [3.05, 3.63) is 16.1 Å². The number of aromatic carboxylic acids is 1. The largest absolute Gasteiger partial charge is 0.476 e. The van der Waals surface area contributed by atoms with Gasteiger partial charge in [0.05, 0.1) is 18.8 Å². The summed E-state index contributed by atoms with van der Waals surface area (Å²) in [6.45, 7) is 2.32. The number of amides is 1. The Morgan fingerprint density at radius 1 is 1.55 bits per heavy atom. The van der Waals surface area contributed by atoms with E-state index in [0.29, 0.717) is 17.5 Å². The molecule has 1 amide bonds. The highest BCUT2D eigenvalue weighted by Crippen LogP contribution is 2.22. The molecule has 7 heteroatoms. The Balaban J connectivity index is 1.68. The van der Waals surface area contributed by atoms with Gasteiger partial charge in [-0.05, 0) is 26.2 Å². The monoisotopic (exact) mass is 298 g/mol. The molecule has 0 aromatic carbocycles. The van der Waals surface area contributed by atoms with Crippen LogP contribution in [0.3, 0.4) is 0 Å². The van der Waals surface area contributed by atoms with Crippen LogP contribution in [0.1, 0.15) is 48.1 Å². The highest BCUT2D eigenvalue weighted by Gasteiger charge is 2.22. The van der Waals surface area contributed by atoms with Gasteiger partial charge in [-0.3, -0.25) is 4.79 Å². The van der Waals surface area contributed by atoms with E-state index >= 15 is 0 Å². The molecule has 1 saturated heterocycles. The number of aromatic nitrogens is 1. The summed E-state index contributed by atoms with van der Waals surface area (Å²) in [7, 11) is 0. The van der Waals surface area contributed by atoms with Crippen LogP contribution in [0.4, 0.5) is 0 Å². The van der Waals surface area contributed by atoms with Crippen LogP contribution in [0.25, 0.3) is 0 Å². The SMILES string of the molecule is CC1CCC(CCC(=O)NCc2nc(C(=O)O)cs2)O1. The second kappa shape index (κ2) is 6.81. The van der Waals surface area contributed by atoms with Gasteiger partial charge < -0.3 is 15.2 Å². The van der Waals surface area contributed by atoms with E-state index in [9.17, 15) is 9.59 Å². The fourth-order valence-corrected chi connectivity index (χ4v) is 2.85. The number of rotatable bonds is 6. The molecule has 1 aliphatic heterocycles. The van der Waals surface area contributed by atoms with Crippen LogP contribution in [-0.2, 0) is 16.1 Å². The van der Waals surface area contributed by atoms with E-state index in [4.69, 9.17) is 9.84 Å². The van der Waals surface area contributed by atoms with Gasteiger partial charge in [0.2, 0.25) is 5.91 Å². The second-order valence-electron chi connectivity index (χ2n) is 4.89. The van der Waals surface area contributed by atoms with Gasteiger partial charge in [0.15, 0.2) is 5.69 Å². The number of nitrogens with one attached hydrogen (secondary N) is 1. The molecule has 2 N–H and O–H groups in total. The van der Waals surface area contributed by atoms with Crippen molar-refractivity contribution < 1.29 is 19.4 Å². The highest BCUT2D eigenvalue weighted by molar-refractivity contribution is 7.09. The van der Waals surface area contributed by atoms with E-state index in [1.165, 1.54) is 16.7 Å². The zero-order chi connectivity index (χ0) is 14.5. The summed E-state index contributed by atoms with van der Waals surface area (Å²) < 4.78 is 5.65. The molecule has 1 fully saturated rings. The van der Waals surface area contributed by atoms with Crippen LogP contribution in [0, 0.1) is 0 Å². The van der Waals surface area contributed by atoms with E-state index < -0.39 is 5.97 Å². The van der Waals surface area contributed by atoms with Gasteiger partial charge >= 0.3 is 5.97 Å². The van der Waals surface area contributed by atoms with E-state index in [2.05, 4.69) is 10.3 Å². The number of hydrogen-bond acceptors (Lipinski definition) is 5. The third-order valence-corrected chi connectivity index (χ3v) is 4.07. The molecule has 2 atom stereocenters. The number of carbonyl (C=O) groups is 2. The highest BCUT2D eigenvalue weighted by atomic mass is 32.1. The summed E-state index contributed by atoms with van der Waals surface area (Å²) in [6, 6.07) is 0. The lowest BCUT2D eigenvalue weighted by molar-refractivity contribution is -0.122. The third kappa shape index (κ3) is 4.28. The molecule has 110 valence electrons. The second-order valence-corrected chi connectivity index (χ2v) is 5.84. The zero-order valence-corrected chi connectivity index (χ0v) is 12.1. The van der Waals surface area contributed by atoms with Gasteiger partial charge in [-0.1, -0.05) is 0 Å². The van der Waals surface area contributed by atoms with Gasteiger partial charge in [-0.15, -0.1) is 11.3 Å². The molecular weight excluding hydrogens is 280 g/mol. The van der Waals surface area contributed by atoms with Crippen LogP contribution in [0.2, 0.25) is 0 Å². The summed E-state index contributed by atoms with van der Waals surface area (Å²) in [5, 5.41) is 13.6. The molecule has 0 bridgehead atoms. The Labute approximate surface area is 121 Å². The average Bonchev–Trinajstić information content (AvgIpc) is 3.03. The lowest BCUT2D eigenvalue weighted by Crippen LogP contribution is -2.24. The van der Waals surface area contributed by atoms with Crippen LogP contribution in [-0.4, -0.2) is 34.2 Å². The number of nitrogens with zero attached hydrogens (tertiary/aromatic N) is 1. The molecule has 0 radical (unpaired) electrons. The topological polar surface area (TPSA) is 88.5 Å².